The molecule has 0 saturated carbocycles. The average molecular weight is 282 g/mol. The Kier molecular flexibility index (Phi) is 5.29. The van der Waals surface area contributed by atoms with Crippen molar-refractivity contribution in [2.24, 2.45) is 0 Å². The van der Waals surface area contributed by atoms with Gasteiger partial charge < -0.3 is 9.47 Å². The van der Waals surface area contributed by atoms with E-state index in [1.54, 1.807) is 13.2 Å². The van der Waals surface area contributed by atoms with Crippen molar-refractivity contribution < 1.29 is 14.3 Å². The van der Waals surface area contributed by atoms with Crippen LogP contribution in [0, 0.1) is 0 Å². The van der Waals surface area contributed by atoms with Crippen LogP contribution in [0.2, 0.25) is 0 Å². The van der Waals surface area contributed by atoms with Crippen LogP contribution >= 0.6 is 0 Å². The molecule has 1 atom stereocenters. The summed E-state index contributed by atoms with van der Waals surface area (Å²) in [7, 11) is 2.96. The highest BCUT2D eigenvalue weighted by molar-refractivity contribution is 5.95. The first kappa shape index (κ1) is 15.0. The van der Waals surface area contributed by atoms with E-state index in [4.69, 9.17) is 9.47 Å². The van der Waals surface area contributed by atoms with Crippen LogP contribution < -0.4 is 0 Å². The lowest BCUT2D eigenvalue weighted by molar-refractivity contribution is -0.137. The van der Waals surface area contributed by atoms with Gasteiger partial charge in [0.1, 0.15) is 6.10 Å². The summed E-state index contributed by atoms with van der Waals surface area (Å²) in [6.07, 6.45) is 1.34. The minimum Gasteiger partial charge on any atom is -0.466 e. The molecule has 2 aromatic rings. The van der Waals surface area contributed by atoms with Gasteiger partial charge in [0.05, 0.1) is 12.7 Å². The molecule has 3 heteroatoms. The monoisotopic (exact) mass is 282 g/mol. The Morgan fingerprint density at radius 3 is 2.05 bits per heavy atom. The summed E-state index contributed by atoms with van der Waals surface area (Å²) in [6, 6.07) is 19.2. The van der Waals surface area contributed by atoms with Gasteiger partial charge in [-0.05, 0) is 17.2 Å². The van der Waals surface area contributed by atoms with E-state index < -0.39 is 12.1 Å². The molecule has 0 saturated heterocycles. The molecule has 2 rings (SSSR count). The van der Waals surface area contributed by atoms with Gasteiger partial charge in [0.15, 0.2) is 0 Å². The summed E-state index contributed by atoms with van der Waals surface area (Å²) in [4.78, 5) is 12.1. The van der Waals surface area contributed by atoms with Crippen molar-refractivity contribution in [3.8, 4) is 0 Å². The maximum Gasteiger partial charge on any atom is 0.336 e. The van der Waals surface area contributed by atoms with Crippen LogP contribution in [0.5, 0.6) is 0 Å². The Bertz CT molecular complexity index is 603. The zero-order valence-electron chi connectivity index (χ0n) is 12.2. The molecule has 3 nitrogen and oxygen atoms in total. The molecule has 0 spiro atoms. The van der Waals surface area contributed by atoms with Crippen molar-refractivity contribution >= 4 is 12.0 Å². The Labute approximate surface area is 124 Å². The number of hydrogen-bond acceptors (Lipinski definition) is 3. The fraction of sp³-hybridized carbons (Fsp3) is 0.167. The van der Waals surface area contributed by atoms with Crippen molar-refractivity contribution in [3.05, 3.63) is 77.4 Å². The molecule has 21 heavy (non-hydrogen) atoms. The van der Waals surface area contributed by atoms with Crippen molar-refractivity contribution in [2.75, 3.05) is 14.2 Å². The summed E-state index contributed by atoms with van der Waals surface area (Å²) >= 11 is 0. The highest BCUT2D eigenvalue weighted by atomic mass is 16.5. The second-order valence-corrected chi connectivity index (χ2v) is 4.53. The van der Waals surface area contributed by atoms with Gasteiger partial charge in [0.2, 0.25) is 0 Å². The molecule has 0 aromatic heterocycles. The van der Waals surface area contributed by atoms with Crippen LogP contribution in [-0.2, 0) is 14.3 Å². The third-order valence-corrected chi connectivity index (χ3v) is 3.16. The lowest BCUT2D eigenvalue weighted by Gasteiger charge is -2.18. The summed E-state index contributed by atoms with van der Waals surface area (Å²) in [5.41, 5.74) is 2.31. The standard InChI is InChI=1S/C18H18O3/c1-20-17(15-11-7-4-8-12-15)16(18(19)21-2)13-14-9-5-3-6-10-14/h3-13,17H,1-2H3/b16-13-. The van der Waals surface area contributed by atoms with Crippen LogP contribution in [0.1, 0.15) is 17.2 Å². The second kappa shape index (κ2) is 7.41. The molecule has 2 aromatic carbocycles. The van der Waals surface area contributed by atoms with E-state index in [0.717, 1.165) is 11.1 Å². The van der Waals surface area contributed by atoms with E-state index in [-0.39, 0.29) is 0 Å². The molecule has 0 fully saturated rings. The molecule has 0 N–H and O–H groups in total. The Morgan fingerprint density at radius 2 is 1.52 bits per heavy atom. The first-order valence-electron chi connectivity index (χ1n) is 6.69. The summed E-state index contributed by atoms with van der Waals surface area (Å²) in [5.74, 6) is -0.394. The number of esters is 1. The smallest absolute Gasteiger partial charge is 0.336 e. The Morgan fingerprint density at radius 1 is 0.952 bits per heavy atom. The predicted molar refractivity (Wildman–Crippen MR) is 82.6 cm³/mol. The zero-order valence-corrected chi connectivity index (χ0v) is 12.2. The van der Waals surface area contributed by atoms with Gasteiger partial charge in [-0.2, -0.15) is 0 Å². The van der Waals surface area contributed by atoms with Gasteiger partial charge in [0.25, 0.3) is 0 Å². The normalized spacial score (nSPS) is 12.8. The highest BCUT2D eigenvalue weighted by Crippen LogP contribution is 2.27. The fourth-order valence-electron chi connectivity index (χ4n) is 2.16. The lowest BCUT2D eigenvalue weighted by atomic mass is 9.99. The second-order valence-electron chi connectivity index (χ2n) is 4.53. The SMILES string of the molecule is COC(=O)/C(=C\c1ccccc1)C(OC)c1ccccc1. The Balaban J connectivity index is 2.44. The molecule has 0 amide bonds. The van der Waals surface area contributed by atoms with E-state index in [9.17, 15) is 4.79 Å². The fourth-order valence-corrected chi connectivity index (χ4v) is 2.16. The predicted octanol–water partition coefficient (Wildman–Crippen LogP) is 3.63. The number of methoxy groups -OCH3 is 2. The lowest BCUT2D eigenvalue weighted by Crippen LogP contribution is -2.15. The van der Waals surface area contributed by atoms with E-state index in [0.29, 0.717) is 5.57 Å². The first-order chi connectivity index (χ1) is 10.3. The van der Waals surface area contributed by atoms with Gasteiger partial charge >= 0.3 is 5.97 Å². The summed E-state index contributed by atoms with van der Waals surface area (Å²) in [6.45, 7) is 0. The van der Waals surface area contributed by atoms with Crippen molar-refractivity contribution in [2.45, 2.75) is 6.10 Å². The number of carbonyl (C=O) groups is 1. The van der Waals surface area contributed by atoms with E-state index >= 15 is 0 Å². The first-order valence-corrected chi connectivity index (χ1v) is 6.69. The van der Waals surface area contributed by atoms with Crippen LogP contribution in [0.3, 0.4) is 0 Å². The molecule has 0 aliphatic rings. The molecule has 0 bridgehead atoms. The van der Waals surface area contributed by atoms with E-state index in [2.05, 4.69) is 0 Å². The topological polar surface area (TPSA) is 35.5 Å². The molecule has 0 radical (unpaired) electrons. The maximum absolute atomic E-state index is 12.1. The summed E-state index contributed by atoms with van der Waals surface area (Å²) in [5, 5.41) is 0. The Hall–Kier alpha value is -2.39. The molecule has 0 aliphatic heterocycles. The minimum atomic E-state index is -0.459. The molecular weight excluding hydrogens is 264 g/mol. The quantitative estimate of drug-likeness (QED) is 0.620. The van der Waals surface area contributed by atoms with E-state index in [1.165, 1.54) is 7.11 Å². The largest absolute Gasteiger partial charge is 0.466 e. The number of rotatable bonds is 5. The summed E-state index contributed by atoms with van der Waals surface area (Å²) < 4.78 is 10.4. The van der Waals surface area contributed by atoms with Gasteiger partial charge in [0, 0.05) is 7.11 Å². The number of ether oxygens (including phenoxy) is 2. The third kappa shape index (κ3) is 3.80. The number of benzene rings is 2. The average Bonchev–Trinajstić information content (AvgIpc) is 2.56. The van der Waals surface area contributed by atoms with Gasteiger partial charge in [-0.15, -0.1) is 0 Å². The van der Waals surface area contributed by atoms with E-state index in [1.807, 2.05) is 60.7 Å². The minimum absolute atomic E-state index is 0.394. The van der Waals surface area contributed by atoms with Crippen molar-refractivity contribution in [1.29, 1.82) is 0 Å². The van der Waals surface area contributed by atoms with Crippen molar-refractivity contribution in [3.63, 3.8) is 0 Å². The van der Waals surface area contributed by atoms with Gasteiger partial charge in [-0.25, -0.2) is 4.79 Å². The molecule has 0 heterocycles. The zero-order chi connectivity index (χ0) is 15.1. The van der Waals surface area contributed by atoms with Crippen LogP contribution in [0.15, 0.2) is 66.2 Å². The molecule has 108 valence electrons. The number of carbonyl (C=O) groups excluding carboxylic acids is 1. The molecular formula is C18H18O3. The molecule has 1 unspecified atom stereocenters. The third-order valence-electron chi connectivity index (χ3n) is 3.16. The maximum atomic E-state index is 12.1. The van der Waals surface area contributed by atoms with Crippen LogP contribution in [0.4, 0.5) is 0 Å². The highest BCUT2D eigenvalue weighted by Gasteiger charge is 2.23. The molecule has 0 aliphatic carbocycles. The number of hydrogen-bond donors (Lipinski definition) is 0. The van der Waals surface area contributed by atoms with Gasteiger partial charge in [-0.3, -0.25) is 0 Å². The van der Waals surface area contributed by atoms with Gasteiger partial charge in [-0.1, -0.05) is 60.7 Å². The van der Waals surface area contributed by atoms with Crippen molar-refractivity contribution in [1.82, 2.24) is 0 Å². The van der Waals surface area contributed by atoms with Crippen LogP contribution in [-0.4, -0.2) is 20.2 Å². The van der Waals surface area contributed by atoms with Crippen LogP contribution in [0.25, 0.3) is 6.08 Å².